The van der Waals surface area contributed by atoms with Gasteiger partial charge < -0.3 is 10.6 Å². The van der Waals surface area contributed by atoms with Gasteiger partial charge in [0.25, 0.3) is 0 Å². The van der Waals surface area contributed by atoms with Gasteiger partial charge in [0.15, 0.2) is 0 Å². The van der Waals surface area contributed by atoms with E-state index in [4.69, 9.17) is 5.73 Å². The highest BCUT2D eigenvalue weighted by atomic mass is 32.2. The molecule has 1 aromatic rings. The summed E-state index contributed by atoms with van der Waals surface area (Å²) in [4.78, 5) is 14.2. The lowest BCUT2D eigenvalue weighted by Gasteiger charge is -2.24. The topological polar surface area (TPSA) is 46.3 Å². The minimum absolute atomic E-state index is 0.136. The highest BCUT2D eigenvalue weighted by Gasteiger charge is 2.27. The van der Waals surface area contributed by atoms with Gasteiger partial charge in [0.2, 0.25) is 5.91 Å². The molecule has 1 aromatic carbocycles. The van der Waals surface area contributed by atoms with Gasteiger partial charge in [-0.15, -0.1) is 11.8 Å². The number of thioether (sulfide) groups is 1. The predicted molar refractivity (Wildman–Crippen MR) is 74.4 cm³/mol. The molecule has 1 saturated heterocycles. The van der Waals surface area contributed by atoms with Crippen molar-refractivity contribution in [1.82, 2.24) is 0 Å². The van der Waals surface area contributed by atoms with E-state index in [2.05, 4.69) is 0 Å². The van der Waals surface area contributed by atoms with Gasteiger partial charge in [0, 0.05) is 17.9 Å². The number of hydrogen-bond acceptors (Lipinski definition) is 3. The van der Waals surface area contributed by atoms with E-state index < -0.39 is 0 Å². The monoisotopic (exact) mass is 250 g/mol. The van der Waals surface area contributed by atoms with E-state index in [1.807, 2.05) is 36.1 Å². The highest BCUT2D eigenvalue weighted by Crippen LogP contribution is 2.29. The predicted octanol–water partition coefficient (Wildman–Crippen LogP) is 2.52. The van der Waals surface area contributed by atoms with Gasteiger partial charge in [-0.3, -0.25) is 4.79 Å². The number of amides is 1. The summed E-state index contributed by atoms with van der Waals surface area (Å²) in [5.41, 5.74) is 7.37. The molecule has 92 valence electrons. The zero-order valence-electron chi connectivity index (χ0n) is 10.1. The molecule has 1 atom stereocenters. The second kappa shape index (κ2) is 5.45. The standard InChI is InChI=1S/C13H18N2OS/c1-2-15(11-6-3-5-10(14)9-11)13(16)12-7-4-8-17-12/h3,5-6,9,12H,2,4,7-8,14H2,1H3. The summed E-state index contributed by atoms with van der Waals surface area (Å²) < 4.78 is 0. The Morgan fingerprint density at radius 2 is 2.41 bits per heavy atom. The van der Waals surface area contributed by atoms with Crippen LogP contribution in [0.4, 0.5) is 11.4 Å². The number of nitrogen functional groups attached to an aromatic ring is 1. The maximum atomic E-state index is 12.4. The molecule has 1 aliphatic heterocycles. The van der Waals surface area contributed by atoms with Crippen LogP contribution in [0.3, 0.4) is 0 Å². The minimum Gasteiger partial charge on any atom is -0.399 e. The Balaban J connectivity index is 2.17. The molecule has 17 heavy (non-hydrogen) atoms. The molecule has 0 radical (unpaired) electrons. The quantitative estimate of drug-likeness (QED) is 0.838. The van der Waals surface area contributed by atoms with Crippen LogP contribution in [0.15, 0.2) is 24.3 Å². The van der Waals surface area contributed by atoms with Crippen LogP contribution in [0, 0.1) is 0 Å². The van der Waals surface area contributed by atoms with Gasteiger partial charge in [-0.2, -0.15) is 0 Å². The zero-order valence-corrected chi connectivity index (χ0v) is 10.9. The first kappa shape index (κ1) is 12.3. The lowest BCUT2D eigenvalue weighted by Crippen LogP contribution is -2.36. The van der Waals surface area contributed by atoms with Crippen LogP contribution in [-0.2, 0) is 4.79 Å². The van der Waals surface area contributed by atoms with Gasteiger partial charge in [-0.25, -0.2) is 0 Å². The van der Waals surface area contributed by atoms with E-state index >= 15 is 0 Å². The van der Waals surface area contributed by atoms with E-state index in [1.54, 1.807) is 11.8 Å². The van der Waals surface area contributed by atoms with Gasteiger partial charge >= 0.3 is 0 Å². The Labute approximate surface area is 106 Å². The third-order valence-corrected chi connectivity index (χ3v) is 4.33. The zero-order chi connectivity index (χ0) is 12.3. The summed E-state index contributed by atoms with van der Waals surface area (Å²) in [5, 5.41) is 0.136. The maximum absolute atomic E-state index is 12.4. The fourth-order valence-corrected chi connectivity index (χ4v) is 3.33. The molecule has 1 fully saturated rings. The van der Waals surface area contributed by atoms with Crippen molar-refractivity contribution in [1.29, 1.82) is 0 Å². The molecular weight excluding hydrogens is 232 g/mol. The molecule has 0 spiro atoms. The first-order valence-corrected chi connectivity index (χ1v) is 7.05. The van der Waals surface area contributed by atoms with Crippen molar-refractivity contribution < 1.29 is 4.79 Å². The molecule has 1 aliphatic rings. The number of hydrogen-bond donors (Lipinski definition) is 1. The Bertz CT molecular complexity index is 402. The van der Waals surface area contributed by atoms with E-state index in [-0.39, 0.29) is 11.2 Å². The molecular formula is C13H18N2OS. The summed E-state index contributed by atoms with van der Waals surface area (Å²) >= 11 is 1.77. The van der Waals surface area contributed by atoms with E-state index in [0.29, 0.717) is 12.2 Å². The van der Waals surface area contributed by atoms with E-state index in [9.17, 15) is 4.79 Å². The summed E-state index contributed by atoms with van der Waals surface area (Å²) in [6, 6.07) is 7.53. The average Bonchev–Trinajstić information content (AvgIpc) is 2.83. The molecule has 1 amide bonds. The second-order valence-corrected chi connectivity index (χ2v) is 5.49. The first-order valence-electron chi connectivity index (χ1n) is 6.01. The van der Waals surface area contributed by atoms with Crippen LogP contribution in [0.25, 0.3) is 0 Å². The summed E-state index contributed by atoms with van der Waals surface area (Å²) in [6.45, 7) is 2.69. The first-order chi connectivity index (χ1) is 8.22. The van der Waals surface area contributed by atoms with Gasteiger partial charge in [-0.1, -0.05) is 6.07 Å². The number of rotatable bonds is 3. The minimum atomic E-state index is 0.136. The van der Waals surface area contributed by atoms with Crippen LogP contribution in [0.5, 0.6) is 0 Å². The SMILES string of the molecule is CCN(C(=O)C1CCCS1)c1cccc(N)c1. The van der Waals surface area contributed by atoms with Crippen molar-refractivity contribution in [3.63, 3.8) is 0 Å². The largest absolute Gasteiger partial charge is 0.399 e. The van der Waals surface area contributed by atoms with Crippen LogP contribution >= 0.6 is 11.8 Å². The lowest BCUT2D eigenvalue weighted by atomic mass is 10.2. The maximum Gasteiger partial charge on any atom is 0.240 e. The molecule has 0 bridgehead atoms. The third kappa shape index (κ3) is 2.75. The Hall–Kier alpha value is -1.16. The molecule has 4 heteroatoms. The van der Waals surface area contributed by atoms with Crippen LogP contribution in [0.1, 0.15) is 19.8 Å². The van der Waals surface area contributed by atoms with Crippen LogP contribution in [0.2, 0.25) is 0 Å². The second-order valence-electron chi connectivity index (χ2n) is 4.18. The van der Waals surface area contributed by atoms with Gasteiger partial charge in [-0.05, 0) is 43.7 Å². The molecule has 0 aliphatic carbocycles. The lowest BCUT2D eigenvalue weighted by molar-refractivity contribution is -0.118. The van der Waals surface area contributed by atoms with E-state index in [1.165, 1.54) is 0 Å². The van der Waals surface area contributed by atoms with Crippen molar-refractivity contribution in [3.05, 3.63) is 24.3 Å². The Kier molecular flexibility index (Phi) is 3.94. The average molecular weight is 250 g/mol. The third-order valence-electron chi connectivity index (χ3n) is 2.97. The molecule has 2 rings (SSSR count). The number of nitrogens with two attached hydrogens (primary N) is 1. The number of carbonyl (C=O) groups is 1. The van der Waals surface area contributed by atoms with E-state index in [0.717, 1.165) is 24.3 Å². The van der Waals surface area contributed by atoms with Crippen molar-refractivity contribution >= 4 is 29.0 Å². The molecule has 0 saturated carbocycles. The van der Waals surface area contributed by atoms with Gasteiger partial charge in [0.1, 0.15) is 0 Å². The normalized spacial score (nSPS) is 19.2. The smallest absolute Gasteiger partial charge is 0.240 e. The number of anilines is 2. The summed E-state index contributed by atoms with van der Waals surface area (Å²) in [6.07, 6.45) is 2.15. The fourth-order valence-electron chi connectivity index (χ4n) is 2.10. The fraction of sp³-hybridized carbons (Fsp3) is 0.462. The number of nitrogens with zero attached hydrogens (tertiary/aromatic N) is 1. The molecule has 0 aromatic heterocycles. The van der Waals surface area contributed by atoms with Crippen molar-refractivity contribution in [2.45, 2.75) is 25.0 Å². The number of carbonyl (C=O) groups excluding carboxylic acids is 1. The summed E-state index contributed by atoms with van der Waals surface area (Å²) in [5.74, 6) is 1.32. The molecule has 1 unspecified atom stereocenters. The summed E-state index contributed by atoms with van der Waals surface area (Å²) in [7, 11) is 0. The van der Waals surface area contributed by atoms with Gasteiger partial charge in [0.05, 0.1) is 5.25 Å². The Morgan fingerprint density at radius 1 is 1.59 bits per heavy atom. The molecule has 3 nitrogen and oxygen atoms in total. The van der Waals surface area contributed by atoms with Crippen molar-refractivity contribution in [3.8, 4) is 0 Å². The Morgan fingerprint density at radius 3 is 3.00 bits per heavy atom. The van der Waals surface area contributed by atoms with Crippen molar-refractivity contribution in [2.75, 3.05) is 22.9 Å². The number of benzene rings is 1. The van der Waals surface area contributed by atoms with Crippen LogP contribution < -0.4 is 10.6 Å². The molecule has 2 N–H and O–H groups in total. The molecule has 1 heterocycles. The highest BCUT2D eigenvalue weighted by molar-refractivity contribution is 8.00. The van der Waals surface area contributed by atoms with Crippen LogP contribution in [-0.4, -0.2) is 23.5 Å². The van der Waals surface area contributed by atoms with Crippen molar-refractivity contribution in [2.24, 2.45) is 0 Å².